The molecular weight excluding hydrogens is 284 g/mol. The Labute approximate surface area is 130 Å². The molecule has 110 valence electrons. The maximum absolute atomic E-state index is 12.0. The van der Waals surface area contributed by atoms with Gasteiger partial charge in [0, 0.05) is 16.4 Å². The van der Waals surface area contributed by atoms with Crippen molar-refractivity contribution in [1.29, 1.82) is 0 Å². The van der Waals surface area contributed by atoms with E-state index in [9.17, 15) is 4.79 Å². The quantitative estimate of drug-likeness (QED) is 0.883. The summed E-state index contributed by atoms with van der Waals surface area (Å²) in [6.45, 7) is 6.17. The van der Waals surface area contributed by atoms with Crippen molar-refractivity contribution >= 4 is 28.9 Å². The van der Waals surface area contributed by atoms with E-state index in [1.807, 2.05) is 45.0 Å². The average molecular weight is 303 g/mol. The van der Waals surface area contributed by atoms with Crippen LogP contribution in [0.1, 0.15) is 16.7 Å². The van der Waals surface area contributed by atoms with Gasteiger partial charge in [-0.05, 0) is 50.1 Å². The van der Waals surface area contributed by atoms with Crippen molar-refractivity contribution in [2.24, 2.45) is 0 Å². The highest BCUT2D eigenvalue weighted by molar-refractivity contribution is 6.31. The lowest BCUT2D eigenvalue weighted by atomic mass is 10.1. The number of hydrogen-bond acceptors (Lipinski definition) is 2. The number of anilines is 2. The standard InChI is InChI=1S/C17H19ClN2O/c1-11-7-8-15(12(2)9-11)19-10-17(21)20-16-6-4-5-14(18)13(16)3/h4-9,19H,10H2,1-3H3,(H,20,21). The van der Waals surface area contributed by atoms with Gasteiger partial charge in [-0.25, -0.2) is 0 Å². The van der Waals surface area contributed by atoms with E-state index in [4.69, 9.17) is 11.6 Å². The fourth-order valence-corrected chi connectivity index (χ4v) is 2.30. The minimum absolute atomic E-state index is 0.0969. The molecule has 0 aliphatic rings. The third-order valence-electron chi connectivity index (χ3n) is 3.36. The first-order chi connectivity index (χ1) is 9.97. The predicted octanol–water partition coefficient (Wildman–Crippen LogP) is 4.32. The molecule has 0 atom stereocenters. The zero-order valence-corrected chi connectivity index (χ0v) is 13.2. The maximum atomic E-state index is 12.0. The predicted molar refractivity (Wildman–Crippen MR) is 89.2 cm³/mol. The SMILES string of the molecule is Cc1ccc(NCC(=O)Nc2cccc(Cl)c2C)c(C)c1. The molecule has 2 N–H and O–H groups in total. The minimum atomic E-state index is -0.0969. The van der Waals surface area contributed by atoms with E-state index in [1.54, 1.807) is 6.07 Å². The number of rotatable bonds is 4. The number of amides is 1. The Hall–Kier alpha value is -2.00. The number of nitrogens with one attached hydrogen (secondary N) is 2. The van der Waals surface area contributed by atoms with Crippen molar-refractivity contribution < 1.29 is 4.79 Å². The van der Waals surface area contributed by atoms with Crippen molar-refractivity contribution in [1.82, 2.24) is 0 Å². The van der Waals surface area contributed by atoms with Gasteiger partial charge in [-0.1, -0.05) is 35.4 Å². The molecule has 0 unspecified atom stereocenters. The Kier molecular flexibility index (Phi) is 4.86. The number of hydrogen-bond donors (Lipinski definition) is 2. The molecule has 0 fully saturated rings. The van der Waals surface area contributed by atoms with Crippen LogP contribution < -0.4 is 10.6 Å². The number of benzene rings is 2. The van der Waals surface area contributed by atoms with Crippen molar-refractivity contribution in [3.63, 3.8) is 0 Å². The van der Waals surface area contributed by atoms with Crippen LogP contribution in [0.2, 0.25) is 5.02 Å². The fraction of sp³-hybridized carbons (Fsp3) is 0.235. The average Bonchev–Trinajstić information content (AvgIpc) is 2.43. The summed E-state index contributed by atoms with van der Waals surface area (Å²) >= 11 is 6.04. The van der Waals surface area contributed by atoms with Crippen LogP contribution in [-0.4, -0.2) is 12.5 Å². The Morgan fingerprint density at radius 3 is 2.57 bits per heavy atom. The molecule has 4 heteroatoms. The van der Waals surface area contributed by atoms with Crippen LogP contribution in [0.25, 0.3) is 0 Å². The molecule has 0 aliphatic heterocycles. The first kappa shape index (κ1) is 15.4. The molecule has 1 amide bonds. The van der Waals surface area contributed by atoms with Crippen molar-refractivity contribution in [2.75, 3.05) is 17.2 Å². The van der Waals surface area contributed by atoms with Crippen LogP contribution in [-0.2, 0) is 4.79 Å². The van der Waals surface area contributed by atoms with E-state index >= 15 is 0 Å². The second kappa shape index (κ2) is 6.64. The van der Waals surface area contributed by atoms with Crippen LogP contribution in [0.5, 0.6) is 0 Å². The molecule has 0 saturated heterocycles. The molecule has 0 heterocycles. The van der Waals surface area contributed by atoms with Crippen LogP contribution >= 0.6 is 11.6 Å². The topological polar surface area (TPSA) is 41.1 Å². The summed E-state index contributed by atoms with van der Waals surface area (Å²) in [6.07, 6.45) is 0. The van der Waals surface area contributed by atoms with E-state index in [1.165, 1.54) is 5.56 Å². The Balaban J connectivity index is 1.97. The summed E-state index contributed by atoms with van der Waals surface area (Å²) in [7, 11) is 0. The van der Waals surface area contributed by atoms with Gasteiger partial charge in [0.15, 0.2) is 0 Å². The van der Waals surface area contributed by atoms with E-state index in [-0.39, 0.29) is 12.5 Å². The van der Waals surface area contributed by atoms with E-state index in [2.05, 4.69) is 16.7 Å². The minimum Gasteiger partial charge on any atom is -0.376 e. The second-order valence-corrected chi connectivity index (χ2v) is 5.54. The molecule has 2 aromatic rings. The first-order valence-corrected chi connectivity index (χ1v) is 7.21. The molecule has 0 bridgehead atoms. The molecule has 0 saturated carbocycles. The van der Waals surface area contributed by atoms with Crippen molar-refractivity contribution in [3.8, 4) is 0 Å². The second-order valence-electron chi connectivity index (χ2n) is 5.13. The van der Waals surface area contributed by atoms with E-state index in [0.29, 0.717) is 5.02 Å². The molecule has 2 rings (SSSR count). The summed E-state index contributed by atoms with van der Waals surface area (Å²) in [5.74, 6) is -0.0969. The highest BCUT2D eigenvalue weighted by Gasteiger charge is 2.07. The summed E-state index contributed by atoms with van der Waals surface area (Å²) in [5, 5.41) is 6.66. The molecule has 2 aromatic carbocycles. The van der Waals surface area contributed by atoms with Crippen molar-refractivity contribution in [2.45, 2.75) is 20.8 Å². The third-order valence-corrected chi connectivity index (χ3v) is 3.77. The van der Waals surface area contributed by atoms with Gasteiger partial charge < -0.3 is 10.6 Å². The fourth-order valence-electron chi connectivity index (χ4n) is 2.12. The molecule has 0 aromatic heterocycles. The zero-order chi connectivity index (χ0) is 15.4. The van der Waals surface area contributed by atoms with E-state index < -0.39 is 0 Å². The molecule has 21 heavy (non-hydrogen) atoms. The molecule has 3 nitrogen and oxygen atoms in total. The number of aryl methyl sites for hydroxylation is 2. The maximum Gasteiger partial charge on any atom is 0.243 e. The van der Waals surface area contributed by atoms with Crippen LogP contribution in [0, 0.1) is 20.8 Å². The number of carbonyl (C=O) groups excluding carboxylic acids is 1. The summed E-state index contributed by atoms with van der Waals surface area (Å²) < 4.78 is 0. The first-order valence-electron chi connectivity index (χ1n) is 6.83. The molecule has 0 spiro atoms. The highest BCUT2D eigenvalue weighted by atomic mass is 35.5. The van der Waals surface area contributed by atoms with Gasteiger partial charge >= 0.3 is 0 Å². The summed E-state index contributed by atoms with van der Waals surface area (Å²) in [5.41, 5.74) is 4.92. The Bertz CT molecular complexity index is 668. The lowest BCUT2D eigenvalue weighted by Gasteiger charge is -2.12. The third kappa shape index (κ3) is 3.99. The van der Waals surface area contributed by atoms with Gasteiger partial charge in [0.1, 0.15) is 0 Å². The van der Waals surface area contributed by atoms with Gasteiger partial charge in [-0.2, -0.15) is 0 Å². The lowest BCUT2D eigenvalue weighted by molar-refractivity contribution is -0.114. The monoisotopic (exact) mass is 302 g/mol. The van der Waals surface area contributed by atoms with Gasteiger partial charge in [-0.3, -0.25) is 4.79 Å². The van der Waals surface area contributed by atoms with Gasteiger partial charge in [-0.15, -0.1) is 0 Å². The highest BCUT2D eigenvalue weighted by Crippen LogP contribution is 2.23. The van der Waals surface area contributed by atoms with Gasteiger partial charge in [0.2, 0.25) is 5.91 Å². The Morgan fingerprint density at radius 1 is 1.10 bits per heavy atom. The van der Waals surface area contributed by atoms with E-state index in [0.717, 1.165) is 22.5 Å². The zero-order valence-electron chi connectivity index (χ0n) is 12.5. The molecule has 0 radical (unpaired) electrons. The molecule has 0 aliphatic carbocycles. The van der Waals surface area contributed by atoms with Gasteiger partial charge in [0.05, 0.1) is 6.54 Å². The van der Waals surface area contributed by atoms with Crippen molar-refractivity contribution in [3.05, 3.63) is 58.1 Å². The lowest BCUT2D eigenvalue weighted by Crippen LogP contribution is -2.22. The summed E-state index contributed by atoms with van der Waals surface area (Å²) in [4.78, 5) is 12.0. The normalized spacial score (nSPS) is 10.3. The number of halogens is 1. The van der Waals surface area contributed by atoms with Gasteiger partial charge in [0.25, 0.3) is 0 Å². The van der Waals surface area contributed by atoms with Crippen LogP contribution in [0.4, 0.5) is 11.4 Å². The van der Waals surface area contributed by atoms with Crippen LogP contribution in [0.3, 0.4) is 0 Å². The Morgan fingerprint density at radius 2 is 1.86 bits per heavy atom. The molecular formula is C17H19ClN2O. The smallest absolute Gasteiger partial charge is 0.243 e. The number of carbonyl (C=O) groups is 1. The largest absolute Gasteiger partial charge is 0.376 e. The van der Waals surface area contributed by atoms with Crippen LogP contribution in [0.15, 0.2) is 36.4 Å². The summed E-state index contributed by atoms with van der Waals surface area (Å²) in [6, 6.07) is 11.6.